The quantitative estimate of drug-likeness (QED) is 0.0261. The smallest absolute Gasteiger partial charge is 0.306 e. The van der Waals surface area contributed by atoms with Crippen molar-refractivity contribution in [3.63, 3.8) is 0 Å². The van der Waals surface area contributed by atoms with E-state index in [-0.39, 0.29) is 31.1 Å². The third-order valence-electron chi connectivity index (χ3n) is 16.4. The van der Waals surface area contributed by atoms with E-state index in [2.05, 4.69) is 57.2 Å². The first-order valence-corrected chi connectivity index (χ1v) is 36.0. The minimum Gasteiger partial charge on any atom is -0.462 e. The normalized spacial score (nSPS) is 12.2. The molecule has 0 aliphatic carbocycles. The number of rotatable bonds is 67. The molecule has 0 heterocycles. The highest BCUT2D eigenvalue weighted by Gasteiger charge is 2.19. The molecule has 6 nitrogen and oxygen atoms in total. The number of carbonyl (C=O) groups excluding carboxylic acids is 3. The van der Waals surface area contributed by atoms with Crippen molar-refractivity contribution in [3.8, 4) is 0 Å². The summed E-state index contributed by atoms with van der Waals surface area (Å²) in [6, 6.07) is 0. The molecule has 0 bridgehead atoms. The second-order valence-corrected chi connectivity index (χ2v) is 24.5. The Kier molecular flexibility index (Phi) is 67.1. The van der Waals surface area contributed by atoms with E-state index in [1.165, 1.54) is 289 Å². The predicted molar refractivity (Wildman–Crippen MR) is 349 cm³/mol. The Bertz CT molecular complexity index is 1340. The standard InChI is InChI=1S/C74H138O6/c1-4-7-10-13-16-19-22-25-28-30-32-34-35-36-37-38-39-40-42-43-46-49-52-55-58-61-64-67-73(76)79-70-71(69-78-72(75)66-63-60-57-54-51-48-45-27-24-21-18-15-12-9-6-3)80-74(77)68-65-62-59-56-53-50-47-44-41-33-31-29-26-23-20-17-14-11-8-5-2/h22,25,27,30,32,45,71H,4-21,23-24,26,28-29,31,33-44,46-70H2,1-3H3/b25-22-,32-30-,45-27-. The van der Waals surface area contributed by atoms with Gasteiger partial charge in [-0.25, -0.2) is 0 Å². The van der Waals surface area contributed by atoms with E-state index in [1.54, 1.807) is 0 Å². The summed E-state index contributed by atoms with van der Waals surface area (Å²) in [5.41, 5.74) is 0. The van der Waals surface area contributed by atoms with Crippen LogP contribution in [0.3, 0.4) is 0 Å². The monoisotopic (exact) mass is 1120 g/mol. The zero-order valence-electron chi connectivity index (χ0n) is 54.1. The summed E-state index contributed by atoms with van der Waals surface area (Å²) in [5.74, 6) is -0.847. The number of allylic oxidation sites excluding steroid dienone is 6. The van der Waals surface area contributed by atoms with Crippen LogP contribution < -0.4 is 0 Å². The van der Waals surface area contributed by atoms with E-state index in [0.717, 1.165) is 70.6 Å². The van der Waals surface area contributed by atoms with Gasteiger partial charge >= 0.3 is 17.9 Å². The van der Waals surface area contributed by atoms with E-state index in [1.807, 2.05) is 0 Å². The Hall–Kier alpha value is -2.37. The first-order chi connectivity index (χ1) is 39.5. The van der Waals surface area contributed by atoms with E-state index >= 15 is 0 Å². The molecule has 0 saturated carbocycles. The molecule has 0 spiro atoms. The molecule has 0 saturated heterocycles. The molecule has 0 fully saturated rings. The molecule has 0 rings (SSSR count). The molecule has 0 radical (unpaired) electrons. The molecule has 0 aliphatic rings. The molecule has 6 heteroatoms. The summed E-state index contributed by atoms with van der Waals surface area (Å²) in [5, 5.41) is 0. The van der Waals surface area contributed by atoms with Gasteiger partial charge in [0, 0.05) is 19.3 Å². The average molecular weight is 1120 g/mol. The van der Waals surface area contributed by atoms with Gasteiger partial charge < -0.3 is 14.2 Å². The lowest BCUT2D eigenvalue weighted by molar-refractivity contribution is -0.167. The van der Waals surface area contributed by atoms with Crippen LogP contribution in [-0.4, -0.2) is 37.2 Å². The zero-order valence-corrected chi connectivity index (χ0v) is 54.1. The van der Waals surface area contributed by atoms with Crippen molar-refractivity contribution in [2.24, 2.45) is 0 Å². The van der Waals surface area contributed by atoms with Crippen LogP contribution in [0, 0.1) is 0 Å². The van der Waals surface area contributed by atoms with E-state index in [9.17, 15) is 14.4 Å². The summed E-state index contributed by atoms with van der Waals surface area (Å²) in [7, 11) is 0. The van der Waals surface area contributed by atoms with E-state index < -0.39 is 6.10 Å². The van der Waals surface area contributed by atoms with Gasteiger partial charge in [0.1, 0.15) is 13.2 Å². The number of esters is 3. The summed E-state index contributed by atoms with van der Waals surface area (Å²) in [4.78, 5) is 38.5. The Labute approximate surface area is 499 Å². The van der Waals surface area contributed by atoms with Gasteiger partial charge in [0.25, 0.3) is 0 Å². The minimum atomic E-state index is -0.774. The van der Waals surface area contributed by atoms with Crippen molar-refractivity contribution in [3.05, 3.63) is 36.5 Å². The van der Waals surface area contributed by atoms with E-state index in [0.29, 0.717) is 19.3 Å². The maximum atomic E-state index is 13.0. The van der Waals surface area contributed by atoms with Crippen LogP contribution in [0.2, 0.25) is 0 Å². The molecule has 470 valence electrons. The molecular weight excluding hydrogens is 985 g/mol. The molecule has 1 unspecified atom stereocenters. The van der Waals surface area contributed by atoms with Crippen LogP contribution in [0.1, 0.15) is 400 Å². The van der Waals surface area contributed by atoms with Crippen LogP contribution in [0.5, 0.6) is 0 Å². The number of hydrogen-bond donors (Lipinski definition) is 0. The second kappa shape index (κ2) is 69.1. The van der Waals surface area contributed by atoms with E-state index in [4.69, 9.17) is 14.2 Å². The lowest BCUT2D eigenvalue weighted by Crippen LogP contribution is -2.30. The lowest BCUT2D eigenvalue weighted by atomic mass is 10.0. The highest BCUT2D eigenvalue weighted by molar-refractivity contribution is 5.71. The molecule has 80 heavy (non-hydrogen) atoms. The molecule has 0 N–H and O–H groups in total. The summed E-state index contributed by atoms with van der Waals surface area (Å²) < 4.78 is 17.0. The number of carbonyl (C=O) groups is 3. The largest absolute Gasteiger partial charge is 0.462 e. The highest BCUT2D eigenvalue weighted by Crippen LogP contribution is 2.18. The number of unbranched alkanes of at least 4 members (excludes halogenated alkanes) is 50. The first kappa shape index (κ1) is 77.6. The second-order valence-electron chi connectivity index (χ2n) is 24.5. The molecule has 1 atom stereocenters. The van der Waals surface area contributed by atoms with Gasteiger partial charge in [-0.2, -0.15) is 0 Å². The van der Waals surface area contributed by atoms with Crippen molar-refractivity contribution in [2.75, 3.05) is 13.2 Å². The Morgan fingerprint density at radius 1 is 0.250 bits per heavy atom. The predicted octanol–water partition coefficient (Wildman–Crippen LogP) is 24.7. The third-order valence-corrected chi connectivity index (χ3v) is 16.4. The molecule has 0 amide bonds. The maximum absolute atomic E-state index is 13.0. The van der Waals surface area contributed by atoms with Gasteiger partial charge in [-0.05, 0) is 77.0 Å². The third kappa shape index (κ3) is 66.4. The summed E-state index contributed by atoms with van der Waals surface area (Å²) in [6.07, 6.45) is 86.0. The van der Waals surface area contributed by atoms with Gasteiger partial charge in [-0.3, -0.25) is 14.4 Å². The molecule has 0 aromatic rings. The van der Waals surface area contributed by atoms with Gasteiger partial charge in [0.2, 0.25) is 0 Å². The van der Waals surface area contributed by atoms with Crippen LogP contribution in [-0.2, 0) is 28.6 Å². The van der Waals surface area contributed by atoms with Crippen molar-refractivity contribution in [2.45, 2.75) is 406 Å². The first-order valence-electron chi connectivity index (χ1n) is 36.0. The maximum Gasteiger partial charge on any atom is 0.306 e. The molecule has 0 aromatic heterocycles. The fourth-order valence-electron chi connectivity index (χ4n) is 10.9. The number of ether oxygens (including phenoxy) is 3. The molecule has 0 aromatic carbocycles. The number of hydrogen-bond acceptors (Lipinski definition) is 6. The molecule has 0 aliphatic heterocycles. The Balaban J connectivity index is 4.24. The Morgan fingerprint density at radius 3 is 0.700 bits per heavy atom. The van der Waals surface area contributed by atoms with Crippen molar-refractivity contribution in [1.29, 1.82) is 0 Å². The lowest BCUT2D eigenvalue weighted by Gasteiger charge is -2.18. The average Bonchev–Trinajstić information content (AvgIpc) is 3.46. The fraction of sp³-hybridized carbons (Fsp3) is 0.878. The minimum absolute atomic E-state index is 0.0693. The Morgan fingerprint density at radius 2 is 0.450 bits per heavy atom. The van der Waals surface area contributed by atoms with Gasteiger partial charge in [0.15, 0.2) is 6.10 Å². The van der Waals surface area contributed by atoms with Crippen LogP contribution in [0.4, 0.5) is 0 Å². The van der Waals surface area contributed by atoms with Crippen molar-refractivity contribution >= 4 is 17.9 Å². The topological polar surface area (TPSA) is 78.9 Å². The SMILES string of the molecule is CCCCCCC/C=C\C/C=C\CCCCCCCCCCCCCCCCCC(=O)OCC(COC(=O)CCCCCCC/C=C\CCCCCCCC)OC(=O)CCCCCCCCCCCCCCCCCCCCCC. The van der Waals surface area contributed by atoms with Crippen molar-refractivity contribution in [1.82, 2.24) is 0 Å². The fourth-order valence-corrected chi connectivity index (χ4v) is 10.9. The van der Waals surface area contributed by atoms with Crippen LogP contribution in [0.25, 0.3) is 0 Å². The summed E-state index contributed by atoms with van der Waals surface area (Å²) >= 11 is 0. The highest BCUT2D eigenvalue weighted by atomic mass is 16.6. The summed E-state index contributed by atoms with van der Waals surface area (Å²) in [6.45, 7) is 6.70. The van der Waals surface area contributed by atoms with Gasteiger partial charge in [-0.15, -0.1) is 0 Å². The zero-order chi connectivity index (χ0) is 57.8. The molecular formula is C74H138O6. The van der Waals surface area contributed by atoms with Crippen LogP contribution >= 0.6 is 0 Å². The van der Waals surface area contributed by atoms with Gasteiger partial charge in [-0.1, -0.05) is 340 Å². The van der Waals surface area contributed by atoms with Crippen molar-refractivity contribution < 1.29 is 28.6 Å². The van der Waals surface area contributed by atoms with Gasteiger partial charge in [0.05, 0.1) is 0 Å². The van der Waals surface area contributed by atoms with Crippen LogP contribution in [0.15, 0.2) is 36.5 Å².